The fourth-order valence-corrected chi connectivity index (χ4v) is 8.98. The summed E-state index contributed by atoms with van der Waals surface area (Å²) in [6, 6.07) is 12.9. The minimum absolute atomic E-state index is 0.0335. The standard InChI is InChI=1S/C31H39N3O6S/c1-5-18(3)23(17-35)34-27(29(37)33-20-7-11-21(39-4)12-8-20)31-16-15-24(41-31)25(26(31)30(34)38)28(36)32-19-9-13-22(14-10-19)40-6-2/h7-14,18,23-27,35H,5-6,15-17H2,1-4H3,(H,32,36)(H,33,37)/t18-,23-,24+,25-,26-,27?,31?/m0/s1. The minimum Gasteiger partial charge on any atom is -0.497 e. The third kappa shape index (κ3) is 5.16. The number of amides is 3. The summed E-state index contributed by atoms with van der Waals surface area (Å²) in [5.41, 5.74) is 1.22. The maximum atomic E-state index is 14.3. The number of hydrogen-bond donors (Lipinski definition) is 3. The summed E-state index contributed by atoms with van der Waals surface area (Å²) in [6.45, 7) is 6.19. The van der Waals surface area contributed by atoms with Crippen molar-refractivity contribution >= 4 is 40.9 Å². The normalized spacial score (nSPS) is 27.7. The Kier molecular flexibility index (Phi) is 8.52. The molecule has 2 unspecified atom stereocenters. The number of aliphatic hydroxyl groups excluding tert-OH is 1. The largest absolute Gasteiger partial charge is 0.497 e. The molecule has 10 heteroatoms. The van der Waals surface area contributed by atoms with E-state index in [1.165, 1.54) is 0 Å². The number of methoxy groups -OCH3 is 1. The second-order valence-electron chi connectivity index (χ2n) is 11.1. The van der Waals surface area contributed by atoms with Crippen LogP contribution >= 0.6 is 11.8 Å². The first-order chi connectivity index (χ1) is 19.8. The number of rotatable bonds is 11. The molecule has 9 nitrogen and oxygen atoms in total. The zero-order valence-corrected chi connectivity index (χ0v) is 24.8. The zero-order chi connectivity index (χ0) is 29.3. The predicted molar refractivity (Wildman–Crippen MR) is 159 cm³/mol. The number of aliphatic hydroxyl groups is 1. The summed E-state index contributed by atoms with van der Waals surface area (Å²) in [5.74, 6) is -0.617. The predicted octanol–water partition coefficient (Wildman–Crippen LogP) is 4.17. The van der Waals surface area contributed by atoms with Crippen molar-refractivity contribution in [3.8, 4) is 11.5 Å². The molecule has 3 heterocycles. The van der Waals surface area contributed by atoms with E-state index >= 15 is 0 Å². The molecule has 0 aromatic heterocycles. The van der Waals surface area contributed by atoms with Gasteiger partial charge < -0.3 is 30.1 Å². The number of hydrogen-bond acceptors (Lipinski definition) is 7. The second-order valence-corrected chi connectivity index (χ2v) is 12.7. The van der Waals surface area contributed by atoms with Gasteiger partial charge in [0.05, 0.1) is 42.9 Å². The van der Waals surface area contributed by atoms with Crippen LogP contribution in [0.1, 0.15) is 40.0 Å². The van der Waals surface area contributed by atoms with Crippen molar-refractivity contribution in [3.63, 3.8) is 0 Å². The number of nitrogens with one attached hydrogen (secondary N) is 2. The highest BCUT2D eigenvalue weighted by Crippen LogP contribution is 2.67. The lowest BCUT2D eigenvalue weighted by molar-refractivity contribution is -0.142. The van der Waals surface area contributed by atoms with Crippen molar-refractivity contribution in [2.24, 2.45) is 17.8 Å². The Balaban J connectivity index is 1.46. The highest BCUT2D eigenvalue weighted by molar-refractivity contribution is 8.02. The molecule has 0 aliphatic carbocycles. The van der Waals surface area contributed by atoms with Crippen LogP contribution in [0.25, 0.3) is 0 Å². The molecule has 0 saturated carbocycles. The molecule has 3 amide bonds. The molecule has 1 spiro atoms. The molecule has 7 atom stereocenters. The van der Waals surface area contributed by atoms with Gasteiger partial charge in [-0.15, -0.1) is 11.8 Å². The summed E-state index contributed by atoms with van der Waals surface area (Å²) < 4.78 is 9.99. The number of thioether (sulfide) groups is 1. The summed E-state index contributed by atoms with van der Waals surface area (Å²) in [6.07, 6.45) is 2.13. The summed E-state index contributed by atoms with van der Waals surface area (Å²) in [7, 11) is 1.58. The lowest BCUT2D eigenvalue weighted by Crippen LogP contribution is -2.56. The van der Waals surface area contributed by atoms with E-state index in [1.807, 2.05) is 20.8 Å². The van der Waals surface area contributed by atoms with Gasteiger partial charge in [-0.1, -0.05) is 20.3 Å². The fraction of sp³-hybridized carbons (Fsp3) is 0.516. The Morgan fingerprint density at radius 1 is 1.05 bits per heavy atom. The van der Waals surface area contributed by atoms with Crippen molar-refractivity contribution in [1.82, 2.24) is 4.90 Å². The van der Waals surface area contributed by atoms with Crippen molar-refractivity contribution in [2.45, 2.75) is 62.1 Å². The molecule has 2 aromatic carbocycles. The van der Waals surface area contributed by atoms with Crippen LogP contribution in [0, 0.1) is 17.8 Å². The van der Waals surface area contributed by atoms with Crippen LogP contribution in [-0.2, 0) is 14.4 Å². The molecular formula is C31H39N3O6S. The summed E-state index contributed by atoms with van der Waals surface area (Å²) in [4.78, 5) is 43.8. The Morgan fingerprint density at radius 3 is 2.22 bits per heavy atom. The van der Waals surface area contributed by atoms with Crippen LogP contribution in [0.3, 0.4) is 0 Å². The van der Waals surface area contributed by atoms with Gasteiger partial charge in [-0.25, -0.2) is 0 Å². The number of likely N-dealkylation sites (tertiary alicyclic amines) is 1. The third-order valence-corrected chi connectivity index (χ3v) is 10.9. The second kappa shape index (κ2) is 11.9. The van der Waals surface area contributed by atoms with Gasteiger partial charge in [-0.3, -0.25) is 14.4 Å². The molecule has 3 aliphatic rings. The number of carbonyl (C=O) groups is 3. The average molecular weight is 582 g/mol. The average Bonchev–Trinajstić information content (AvgIpc) is 3.62. The molecule has 220 valence electrons. The number of fused-ring (bicyclic) bond motifs is 1. The Bertz CT molecular complexity index is 1270. The van der Waals surface area contributed by atoms with E-state index in [2.05, 4.69) is 10.6 Å². The highest BCUT2D eigenvalue weighted by Gasteiger charge is 2.74. The van der Waals surface area contributed by atoms with Crippen LogP contribution in [0.5, 0.6) is 11.5 Å². The van der Waals surface area contributed by atoms with E-state index in [1.54, 1.807) is 72.3 Å². The lowest BCUT2D eigenvalue weighted by Gasteiger charge is -2.39. The fourth-order valence-electron chi connectivity index (χ4n) is 6.77. The lowest BCUT2D eigenvalue weighted by atomic mass is 9.70. The van der Waals surface area contributed by atoms with Crippen LogP contribution in [0.4, 0.5) is 11.4 Å². The Hall–Kier alpha value is -3.24. The Morgan fingerprint density at radius 2 is 1.66 bits per heavy atom. The number of benzene rings is 2. The van der Waals surface area contributed by atoms with Crippen molar-refractivity contribution in [2.75, 3.05) is 31.0 Å². The first-order valence-electron chi connectivity index (χ1n) is 14.4. The van der Waals surface area contributed by atoms with Crippen LogP contribution < -0.4 is 20.1 Å². The SMILES string of the molecule is CCOc1ccc(NC(=O)[C@@H]2[C@H]3C(=O)N([C@@H](CO)[C@@H](C)CC)C(C(=O)Nc4ccc(OC)cc4)C34CC[C@H]2S4)cc1. The maximum Gasteiger partial charge on any atom is 0.248 e. The van der Waals surface area contributed by atoms with Crippen molar-refractivity contribution in [3.05, 3.63) is 48.5 Å². The topological polar surface area (TPSA) is 117 Å². The van der Waals surface area contributed by atoms with Crippen LogP contribution in [0.15, 0.2) is 48.5 Å². The van der Waals surface area contributed by atoms with E-state index in [0.29, 0.717) is 35.9 Å². The molecular weight excluding hydrogens is 542 g/mol. The van der Waals surface area contributed by atoms with E-state index in [-0.39, 0.29) is 35.5 Å². The maximum absolute atomic E-state index is 14.3. The zero-order valence-electron chi connectivity index (χ0n) is 24.0. The minimum atomic E-state index is -0.813. The number of carbonyl (C=O) groups excluding carboxylic acids is 3. The van der Waals surface area contributed by atoms with Gasteiger partial charge in [0.15, 0.2) is 0 Å². The first kappa shape index (κ1) is 29.3. The molecule has 3 aliphatic heterocycles. The molecule has 3 N–H and O–H groups in total. The van der Waals surface area contributed by atoms with Crippen LogP contribution in [-0.4, -0.2) is 70.1 Å². The van der Waals surface area contributed by atoms with Gasteiger partial charge in [0.25, 0.3) is 0 Å². The van der Waals surface area contributed by atoms with Gasteiger partial charge in [-0.2, -0.15) is 0 Å². The van der Waals surface area contributed by atoms with E-state index < -0.39 is 28.7 Å². The van der Waals surface area contributed by atoms with Crippen LogP contribution in [0.2, 0.25) is 0 Å². The number of ether oxygens (including phenoxy) is 2. The highest BCUT2D eigenvalue weighted by atomic mass is 32.2. The monoisotopic (exact) mass is 581 g/mol. The molecule has 5 rings (SSSR count). The molecule has 41 heavy (non-hydrogen) atoms. The molecule has 3 saturated heterocycles. The van der Waals surface area contributed by atoms with Crippen molar-refractivity contribution < 1.29 is 29.0 Å². The van der Waals surface area contributed by atoms with Gasteiger partial charge in [0, 0.05) is 16.6 Å². The first-order valence-corrected chi connectivity index (χ1v) is 15.2. The quantitative estimate of drug-likeness (QED) is 0.365. The molecule has 2 bridgehead atoms. The van der Waals surface area contributed by atoms with Gasteiger partial charge in [0.1, 0.15) is 17.5 Å². The summed E-state index contributed by atoms with van der Waals surface area (Å²) >= 11 is 1.61. The van der Waals surface area contributed by atoms with Gasteiger partial charge >= 0.3 is 0 Å². The van der Waals surface area contributed by atoms with Crippen molar-refractivity contribution in [1.29, 1.82) is 0 Å². The van der Waals surface area contributed by atoms with Gasteiger partial charge in [-0.05, 0) is 74.2 Å². The molecule has 0 radical (unpaired) electrons. The number of anilines is 2. The molecule has 2 aromatic rings. The molecule has 3 fully saturated rings. The smallest absolute Gasteiger partial charge is 0.248 e. The van der Waals surface area contributed by atoms with E-state index in [9.17, 15) is 19.5 Å². The van der Waals surface area contributed by atoms with E-state index in [4.69, 9.17) is 9.47 Å². The Labute approximate surface area is 245 Å². The third-order valence-electron chi connectivity index (χ3n) is 8.92. The number of nitrogens with zero attached hydrogens (tertiary/aromatic N) is 1. The van der Waals surface area contributed by atoms with Gasteiger partial charge in [0.2, 0.25) is 17.7 Å². The van der Waals surface area contributed by atoms with E-state index in [0.717, 1.165) is 12.8 Å². The summed E-state index contributed by atoms with van der Waals surface area (Å²) in [5, 5.41) is 16.4.